The molecule has 1 atom stereocenters. The summed E-state index contributed by atoms with van der Waals surface area (Å²) in [5.41, 5.74) is 3.77. The summed E-state index contributed by atoms with van der Waals surface area (Å²) in [4.78, 5) is 20.5. The standard InChI is InChI=1S/C19H20N4OS/c24-18(21-14-9-10-20-11-14)15-6-2-1-5-13(15)12-25-19-22-16-7-3-4-8-17(16)23-19/h1-8,14,20H,9-12H2,(H,21,24)(H,22,23). The zero-order valence-electron chi connectivity index (χ0n) is 13.8. The molecule has 6 heteroatoms. The number of aromatic nitrogens is 2. The van der Waals surface area contributed by atoms with Crippen molar-refractivity contribution in [1.29, 1.82) is 0 Å². The molecule has 1 saturated heterocycles. The van der Waals surface area contributed by atoms with Gasteiger partial charge < -0.3 is 15.6 Å². The number of carbonyl (C=O) groups excluding carboxylic acids is 1. The summed E-state index contributed by atoms with van der Waals surface area (Å²) < 4.78 is 0. The highest BCUT2D eigenvalue weighted by Gasteiger charge is 2.19. The maximum Gasteiger partial charge on any atom is 0.251 e. The summed E-state index contributed by atoms with van der Waals surface area (Å²) in [6, 6.07) is 16.0. The number of H-pyrrole nitrogens is 1. The Morgan fingerprint density at radius 1 is 1.20 bits per heavy atom. The molecule has 3 aromatic rings. The summed E-state index contributed by atoms with van der Waals surface area (Å²) in [6.45, 7) is 1.82. The van der Waals surface area contributed by atoms with Crippen LogP contribution in [0.5, 0.6) is 0 Å². The third kappa shape index (κ3) is 3.70. The number of hydrogen-bond donors (Lipinski definition) is 3. The smallest absolute Gasteiger partial charge is 0.251 e. The normalized spacial score (nSPS) is 17.0. The molecule has 128 valence electrons. The van der Waals surface area contributed by atoms with Gasteiger partial charge in [0.05, 0.1) is 11.0 Å². The van der Waals surface area contributed by atoms with E-state index >= 15 is 0 Å². The van der Waals surface area contributed by atoms with Crippen molar-refractivity contribution in [3.8, 4) is 0 Å². The van der Waals surface area contributed by atoms with Crippen LogP contribution in [0.15, 0.2) is 53.7 Å². The summed E-state index contributed by atoms with van der Waals surface area (Å²) in [7, 11) is 0. The number of carbonyl (C=O) groups is 1. The summed E-state index contributed by atoms with van der Waals surface area (Å²) in [5, 5.41) is 7.26. The average Bonchev–Trinajstić information content (AvgIpc) is 3.29. The molecule has 2 aromatic carbocycles. The minimum absolute atomic E-state index is 0.00880. The Labute approximate surface area is 150 Å². The first-order valence-corrected chi connectivity index (χ1v) is 9.45. The molecule has 0 bridgehead atoms. The van der Waals surface area contributed by atoms with E-state index in [1.165, 1.54) is 0 Å². The van der Waals surface area contributed by atoms with E-state index in [9.17, 15) is 4.79 Å². The second-order valence-electron chi connectivity index (χ2n) is 6.17. The molecule has 1 amide bonds. The minimum atomic E-state index is 0.00880. The zero-order chi connectivity index (χ0) is 17.1. The number of nitrogens with one attached hydrogen (secondary N) is 3. The number of benzene rings is 2. The number of fused-ring (bicyclic) bond motifs is 1. The van der Waals surface area contributed by atoms with Crippen molar-refractivity contribution in [2.75, 3.05) is 13.1 Å². The van der Waals surface area contributed by atoms with Gasteiger partial charge in [0.2, 0.25) is 0 Å². The van der Waals surface area contributed by atoms with Crippen molar-refractivity contribution < 1.29 is 4.79 Å². The zero-order valence-corrected chi connectivity index (χ0v) is 14.6. The molecular formula is C19H20N4OS. The topological polar surface area (TPSA) is 69.8 Å². The number of nitrogens with zero attached hydrogens (tertiary/aromatic N) is 1. The third-order valence-corrected chi connectivity index (χ3v) is 5.31. The summed E-state index contributed by atoms with van der Waals surface area (Å²) >= 11 is 1.61. The highest BCUT2D eigenvalue weighted by Crippen LogP contribution is 2.24. The van der Waals surface area contributed by atoms with E-state index in [-0.39, 0.29) is 11.9 Å². The van der Waals surface area contributed by atoms with E-state index < -0.39 is 0 Å². The van der Waals surface area contributed by atoms with Crippen molar-refractivity contribution in [2.24, 2.45) is 0 Å². The number of para-hydroxylation sites is 2. The molecule has 5 nitrogen and oxygen atoms in total. The van der Waals surface area contributed by atoms with Crippen LogP contribution in [-0.2, 0) is 5.75 Å². The Kier molecular flexibility index (Phi) is 4.72. The molecule has 1 fully saturated rings. The minimum Gasteiger partial charge on any atom is -0.348 e. The monoisotopic (exact) mass is 352 g/mol. The number of hydrogen-bond acceptors (Lipinski definition) is 4. The van der Waals surface area contributed by atoms with Crippen LogP contribution in [0.3, 0.4) is 0 Å². The Hall–Kier alpha value is -2.31. The third-order valence-electron chi connectivity index (χ3n) is 4.39. The van der Waals surface area contributed by atoms with Gasteiger partial charge in [-0.25, -0.2) is 4.98 Å². The van der Waals surface area contributed by atoms with Crippen LogP contribution >= 0.6 is 11.8 Å². The van der Waals surface area contributed by atoms with Crippen molar-refractivity contribution in [3.05, 3.63) is 59.7 Å². The lowest BCUT2D eigenvalue weighted by Crippen LogP contribution is -2.36. The number of thioether (sulfide) groups is 1. The van der Waals surface area contributed by atoms with Gasteiger partial charge in [0.1, 0.15) is 0 Å². The molecule has 1 aliphatic heterocycles. The Morgan fingerprint density at radius 3 is 2.88 bits per heavy atom. The number of aromatic amines is 1. The summed E-state index contributed by atoms with van der Waals surface area (Å²) in [5.74, 6) is 0.710. The van der Waals surface area contributed by atoms with Gasteiger partial charge in [-0.05, 0) is 36.7 Å². The van der Waals surface area contributed by atoms with Crippen LogP contribution in [0.2, 0.25) is 0 Å². The molecule has 1 aliphatic rings. The molecule has 0 aliphatic carbocycles. The van der Waals surface area contributed by atoms with Crippen molar-refractivity contribution >= 4 is 28.7 Å². The molecule has 3 N–H and O–H groups in total. The first-order valence-electron chi connectivity index (χ1n) is 8.46. The molecular weight excluding hydrogens is 332 g/mol. The van der Waals surface area contributed by atoms with Crippen molar-refractivity contribution in [2.45, 2.75) is 23.4 Å². The molecule has 1 aromatic heterocycles. The lowest BCUT2D eigenvalue weighted by atomic mass is 10.1. The molecule has 1 unspecified atom stereocenters. The van der Waals surface area contributed by atoms with Gasteiger partial charge >= 0.3 is 0 Å². The fraction of sp³-hybridized carbons (Fsp3) is 0.263. The molecule has 0 radical (unpaired) electrons. The van der Waals surface area contributed by atoms with E-state index in [4.69, 9.17) is 0 Å². The van der Waals surface area contributed by atoms with E-state index in [2.05, 4.69) is 20.6 Å². The van der Waals surface area contributed by atoms with Crippen LogP contribution in [0.25, 0.3) is 11.0 Å². The first kappa shape index (κ1) is 16.2. The molecule has 2 heterocycles. The molecule has 0 spiro atoms. The average molecular weight is 352 g/mol. The highest BCUT2D eigenvalue weighted by atomic mass is 32.2. The fourth-order valence-electron chi connectivity index (χ4n) is 3.05. The predicted octanol–water partition coefficient (Wildman–Crippen LogP) is 2.95. The van der Waals surface area contributed by atoms with Gasteiger partial charge in [-0.3, -0.25) is 4.79 Å². The Bertz CT molecular complexity index is 853. The van der Waals surface area contributed by atoms with E-state index in [0.717, 1.165) is 46.8 Å². The van der Waals surface area contributed by atoms with E-state index in [1.807, 2.05) is 48.5 Å². The highest BCUT2D eigenvalue weighted by molar-refractivity contribution is 7.98. The van der Waals surface area contributed by atoms with Crippen LogP contribution in [0.1, 0.15) is 22.3 Å². The SMILES string of the molecule is O=C(NC1CCNC1)c1ccccc1CSc1nc2ccccc2[nH]1. The van der Waals surface area contributed by atoms with Gasteiger partial charge in [-0.2, -0.15) is 0 Å². The van der Waals surface area contributed by atoms with Crippen LogP contribution in [0, 0.1) is 0 Å². The Morgan fingerprint density at radius 2 is 2.04 bits per heavy atom. The Balaban J connectivity index is 1.47. The van der Waals surface area contributed by atoms with E-state index in [0.29, 0.717) is 5.75 Å². The molecule has 25 heavy (non-hydrogen) atoms. The van der Waals surface area contributed by atoms with Crippen LogP contribution in [0.4, 0.5) is 0 Å². The van der Waals surface area contributed by atoms with Gasteiger partial charge in [0.15, 0.2) is 5.16 Å². The van der Waals surface area contributed by atoms with Crippen LogP contribution in [-0.4, -0.2) is 35.0 Å². The maximum atomic E-state index is 12.6. The van der Waals surface area contributed by atoms with Crippen molar-refractivity contribution in [1.82, 2.24) is 20.6 Å². The number of rotatable bonds is 5. The summed E-state index contributed by atoms with van der Waals surface area (Å²) in [6.07, 6.45) is 0.988. The molecule has 4 rings (SSSR count). The van der Waals surface area contributed by atoms with Gasteiger partial charge in [-0.1, -0.05) is 42.1 Å². The number of imidazole rings is 1. The predicted molar refractivity (Wildman–Crippen MR) is 101 cm³/mol. The second kappa shape index (κ2) is 7.29. The van der Waals surface area contributed by atoms with Gasteiger partial charge in [0, 0.05) is 23.9 Å². The lowest BCUT2D eigenvalue weighted by molar-refractivity contribution is 0.0939. The van der Waals surface area contributed by atoms with Gasteiger partial charge in [0.25, 0.3) is 5.91 Å². The largest absolute Gasteiger partial charge is 0.348 e. The van der Waals surface area contributed by atoms with Crippen molar-refractivity contribution in [3.63, 3.8) is 0 Å². The van der Waals surface area contributed by atoms with E-state index in [1.54, 1.807) is 11.8 Å². The van der Waals surface area contributed by atoms with Gasteiger partial charge in [-0.15, -0.1) is 0 Å². The quantitative estimate of drug-likeness (QED) is 0.618. The number of amides is 1. The van der Waals surface area contributed by atoms with Crippen LogP contribution < -0.4 is 10.6 Å². The first-order chi connectivity index (χ1) is 12.3. The lowest BCUT2D eigenvalue weighted by Gasteiger charge is -2.13. The molecule has 0 saturated carbocycles. The maximum absolute atomic E-state index is 12.6. The second-order valence-corrected chi connectivity index (χ2v) is 7.13. The fourth-order valence-corrected chi connectivity index (χ4v) is 3.94.